The van der Waals surface area contributed by atoms with Crippen LogP contribution in [0.2, 0.25) is 0 Å². The van der Waals surface area contributed by atoms with Gasteiger partial charge in [-0.1, -0.05) is 115 Å². The predicted octanol–water partition coefficient (Wildman–Crippen LogP) is 11.7. The van der Waals surface area contributed by atoms with Crippen molar-refractivity contribution < 1.29 is 0 Å². The average Bonchev–Trinajstić information content (AvgIpc) is 3.52. The van der Waals surface area contributed by atoms with Crippen LogP contribution in [0.15, 0.2) is 164 Å². The van der Waals surface area contributed by atoms with E-state index in [0.29, 0.717) is 0 Å². The van der Waals surface area contributed by atoms with E-state index in [1.54, 1.807) is 0 Å². The number of hydrogen-bond donors (Lipinski definition) is 1. The summed E-state index contributed by atoms with van der Waals surface area (Å²) in [6, 6.07) is 46.3. The smallest absolute Gasteiger partial charge is 0.0606 e. The van der Waals surface area contributed by atoms with Gasteiger partial charge in [0.05, 0.1) is 5.69 Å². The van der Waals surface area contributed by atoms with E-state index in [1.165, 1.54) is 83.2 Å². The minimum absolute atomic E-state index is 0.912. The molecule has 2 nitrogen and oxygen atoms in total. The summed E-state index contributed by atoms with van der Waals surface area (Å²) in [5, 5.41) is 3.62. The van der Waals surface area contributed by atoms with Crippen LogP contribution in [0.5, 0.6) is 0 Å². The Balaban J connectivity index is 1.22. The number of nitrogens with one attached hydrogen (secondary N) is 1. The van der Waals surface area contributed by atoms with Crippen LogP contribution in [0.3, 0.4) is 0 Å². The molecule has 9 rings (SSSR count). The molecule has 0 spiro atoms. The van der Waals surface area contributed by atoms with E-state index in [4.69, 9.17) is 0 Å². The number of nitrogens with zero attached hydrogens (tertiary/aromatic N) is 1. The highest BCUT2D eigenvalue weighted by Gasteiger charge is 2.30. The zero-order valence-corrected chi connectivity index (χ0v) is 25.7. The topological polar surface area (TPSA) is 19.0 Å². The first-order chi connectivity index (χ1) is 22.7. The predicted molar refractivity (Wildman–Crippen MR) is 196 cm³/mol. The molecule has 2 aliphatic heterocycles. The van der Waals surface area contributed by atoms with Crippen LogP contribution in [0.25, 0.3) is 60.6 Å². The molecule has 3 aliphatic rings. The highest BCUT2D eigenvalue weighted by atomic mass is 15.1. The molecule has 0 saturated heterocycles. The van der Waals surface area contributed by atoms with Crippen molar-refractivity contribution in [1.29, 1.82) is 0 Å². The van der Waals surface area contributed by atoms with Crippen LogP contribution >= 0.6 is 0 Å². The van der Waals surface area contributed by atoms with Crippen molar-refractivity contribution in [2.45, 2.75) is 13.3 Å². The fraction of sp³-hybridized carbons (Fsp3) is 0.0455. The lowest BCUT2D eigenvalue weighted by Crippen LogP contribution is -2.16. The lowest BCUT2D eigenvalue weighted by Gasteiger charge is -2.26. The highest BCUT2D eigenvalue weighted by molar-refractivity contribution is 6.06. The van der Waals surface area contributed by atoms with E-state index in [0.717, 1.165) is 11.9 Å². The van der Waals surface area contributed by atoms with Crippen LogP contribution in [0, 0.1) is 0 Å². The van der Waals surface area contributed by atoms with E-state index in [9.17, 15) is 0 Å². The van der Waals surface area contributed by atoms with Gasteiger partial charge < -0.3 is 9.88 Å². The molecule has 2 heteroatoms. The monoisotopic (exact) mass is 588 g/mol. The molecular weight excluding hydrogens is 556 g/mol. The number of fused-ring (bicyclic) bond motifs is 7. The average molecular weight is 589 g/mol. The van der Waals surface area contributed by atoms with Crippen molar-refractivity contribution in [2.75, 3.05) is 4.90 Å². The Morgan fingerprint density at radius 3 is 2.33 bits per heavy atom. The summed E-state index contributed by atoms with van der Waals surface area (Å²) in [7, 11) is 0. The summed E-state index contributed by atoms with van der Waals surface area (Å²) >= 11 is 0. The van der Waals surface area contributed by atoms with Gasteiger partial charge in [-0.25, -0.2) is 0 Å². The number of rotatable bonds is 2. The van der Waals surface area contributed by atoms with Crippen molar-refractivity contribution in [1.82, 2.24) is 4.98 Å². The maximum atomic E-state index is 3.46. The van der Waals surface area contributed by atoms with Gasteiger partial charge in [0, 0.05) is 52.1 Å². The van der Waals surface area contributed by atoms with Gasteiger partial charge in [-0.2, -0.15) is 0 Å². The Bertz CT molecular complexity index is 2410. The van der Waals surface area contributed by atoms with E-state index < -0.39 is 0 Å². The van der Waals surface area contributed by atoms with Gasteiger partial charge in [0.25, 0.3) is 0 Å². The number of allylic oxidation sites excluding steroid dienone is 6. The first-order valence-electron chi connectivity index (χ1n) is 16.0. The third kappa shape index (κ3) is 4.26. The second kappa shape index (κ2) is 10.6. The second-order valence-electron chi connectivity index (χ2n) is 12.3. The zero-order valence-electron chi connectivity index (χ0n) is 25.7. The molecule has 1 N–H and O–H groups in total. The lowest BCUT2D eigenvalue weighted by atomic mass is 9.92. The molecule has 218 valence electrons. The number of para-hydroxylation sites is 2. The molecule has 0 amide bonds. The molecule has 0 radical (unpaired) electrons. The second-order valence-corrected chi connectivity index (χ2v) is 12.3. The van der Waals surface area contributed by atoms with Crippen LogP contribution in [0.4, 0.5) is 5.69 Å². The fourth-order valence-electron chi connectivity index (χ4n) is 7.37. The highest BCUT2D eigenvalue weighted by Crippen LogP contribution is 2.50. The van der Waals surface area contributed by atoms with Crippen molar-refractivity contribution in [3.05, 3.63) is 180 Å². The van der Waals surface area contributed by atoms with E-state index in [-0.39, 0.29) is 0 Å². The molecule has 46 heavy (non-hydrogen) atoms. The number of aromatic nitrogens is 1. The summed E-state index contributed by atoms with van der Waals surface area (Å²) < 4.78 is 0. The third-order valence-electron chi connectivity index (χ3n) is 9.57. The van der Waals surface area contributed by atoms with Crippen molar-refractivity contribution in [2.24, 2.45) is 0 Å². The molecule has 5 aromatic carbocycles. The van der Waals surface area contributed by atoms with Crippen molar-refractivity contribution in [3.63, 3.8) is 0 Å². The molecule has 1 aromatic heterocycles. The lowest BCUT2D eigenvalue weighted by molar-refractivity contribution is 1.10. The fourth-order valence-corrected chi connectivity index (χ4v) is 7.37. The quantitative estimate of drug-likeness (QED) is 0.213. The van der Waals surface area contributed by atoms with E-state index >= 15 is 0 Å². The SMILES string of the molecule is CC1=CC(c2cccc(-c3ccc4cccc[nH]c5ccccc5c4c3)c2)=CN2C3=C(C=CC3)c3ccccc3-c3cccc1c32. The Labute approximate surface area is 269 Å². The van der Waals surface area contributed by atoms with E-state index in [2.05, 4.69) is 163 Å². The molecule has 1 aliphatic carbocycles. The van der Waals surface area contributed by atoms with Crippen LogP contribution in [-0.2, 0) is 0 Å². The Morgan fingerprint density at radius 1 is 0.609 bits per heavy atom. The van der Waals surface area contributed by atoms with Crippen LogP contribution < -0.4 is 4.90 Å². The molecule has 3 heterocycles. The minimum Gasteiger partial charge on any atom is -0.361 e. The summed E-state index contributed by atoms with van der Waals surface area (Å²) in [4.78, 5) is 5.94. The number of aromatic amines is 1. The van der Waals surface area contributed by atoms with Gasteiger partial charge in [-0.15, -0.1) is 0 Å². The maximum absolute atomic E-state index is 3.46. The Hall–Kier alpha value is -5.86. The summed E-state index contributed by atoms with van der Waals surface area (Å²) in [6.07, 6.45) is 12.2. The third-order valence-corrected chi connectivity index (χ3v) is 9.57. The standard InChI is InChI=1S/C44H32N2/c1-29-25-34(28-46-43-21-10-18-39(43)36-14-2-3-15-37(36)40-19-9-17-35(29)44(40)46)32-13-8-12-31(26-32)33-23-22-30-11-6-7-24-45-42-20-5-4-16-38(42)41(30)27-33/h2-20,22-28,45H,21H2,1H3. The van der Waals surface area contributed by atoms with Crippen LogP contribution in [0.1, 0.15) is 30.0 Å². The molecular formula is C44H32N2. The van der Waals surface area contributed by atoms with Gasteiger partial charge in [0.1, 0.15) is 0 Å². The molecule has 0 unspecified atom stereocenters. The molecule has 6 aromatic rings. The molecule has 0 bridgehead atoms. The van der Waals surface area contributed by atoms with E-state index in [1.807, 2.05) is 12.3 Å². The molecule has 0 saturated carbocycles. The zero-order chi connectivity index (χ0) is 30.6. The number of H-pyrrole nitrogens is 1. The summed E-state index contributed by atoms with van der Waals surface area (Å²) in [5.74, 6) is 0. The van der Waals surface area contributed by atoms with Crippen molar-refractivity contribution >= 4 is 44.1 Å². The van der Waals surface area contributed by atoms with Gasteiger partial charge in [-0.05, 0) is 87.0 Å². The first-order valence-corrected chi connectivity index (χ1v) is 16.0. The Morgan fingerprint density at radius 2 is 1.37 bits per heavy atom. The normalized spacial score (nSPS) is 14.6. The summed E-state index contributed by atoms with van der Waals surface area (Å²) in [5.41, 5.74) is 16.3. The molecule has 0 fully saturated rings. The number of anilines is 1. The first kappa shape index (κ1) is 26.5. The number of benzene rings is 5. The van der Waals surface area contributed by atoms with Gasteiger partial charge in [-0.3, -0.25) is 0 Å². The number of hydrogen-bond acceptors (Lipinski definition) is 1. The van der Waals surface area contributed by atoms with Crippen molar-refractivity contribution in [3.8, 4) is 22.3 Å². The Kier molecular flexibility index (Phi) is 6.14. The molecule has 0 atom stereocenters. The largest absolute Gasteiger partial charge is 0.361 e. The van der Waals surface area contributed by atoms with Gasteiger partial charge in [0.2, 0.25) is 0 Å². The van der Waals surface area contributed by atoms with Crippen LogP contribution in [-0.4, -0.2) is 4.98 Å². The minimum atomic E-state index is 0.912. The van der Waals surface area contributed by atoms with Gasteiger partial charge in [0.15, 0.2) is 0 Å². The summed E-state index contributed by atoms with van der Waals surface area (Å²) in [6.45, 7) is 2.25. The van der Waals surface area contributed by atoms with Gasteiger partial charge >= 0.3 is 0 Å². The maximum Gasteiger partial charge on any atom is 0.0606 e.